The van der Waals surface area contributed by atoms with Crippen LogP contribution in [-0.4, -0.2) is 53.9 Å². The Morgan fingerprint density at radius 3 is 2.64 bits per heavy atom. The van der Waals surface area contributed by atoms with Crippen molar-refractivity contribution in [3.63, 3.8) is 0 Å². The van der Waals surface area contributed by atoms with Gasteiger partial charge in [-0.1, -0.05) is 11.6 Å². The number of nitrogens with zero attached hydrogens (tertiary/aromatic N) is 2. The number of hydrogen-bond donors (Lipinski definition) is 1. The van der Waals surface area contributed by atoms with Crippen molar-refractivity contribution in [2.24, 2.45) is 0 Å². The molecule has 4 nitrogen and oxygen atoms in total. The topological polar surface area (TPSA) is 39.3 Å². The third-order valence-electron chi connectivity index (χ3n) is 5.11. The van der Waals surface area contributed by atoms with Crippen LogP contribution in [0.3, 0.4) is 0 Å². The second-order valence-electron chi connectivity index (χ2n) is 6.57. The van der Waals surface area contributed by atoms with E-state index >= 15 is 0 Å². The normalized spacial score (nSPS) is 21.3. The average molecular weight is 318 g/mol. The van der Waals surface area contributed by atoms with Gasteiger partial charge in [-0.15, -0.1) is 0 Å². The number of carbonyl (C=O) groups excluding carboxylic acids is 1. The van der Waals surface area contributed by atoms with Gasteiger partial charge in [0.25, 0.3) is 0 Å². The van der Waals surface area contributed by atoms with E-state index in [0.29, 0.717) is 5.91 Å². The zero-order valence-electron chi connectivity index (χ0n) is 12.7. The van der Waals surface area contributed by atoms with E-state index in [0.717, 1.165) is 60.5 Å². The van der Waals surface area contributed by atoms with Crippen LogP contribution in [0.25, 0.3) is 10.9 Å². The van der Waals surface area contributed by atoms with Gasteiger partial charge in [-0.3, -0.25) is 4.79 Å². The van der Waals surface area contributed by atoms with Crippen LogP contribution in [0.5, 0.6) is 0 Å². The van der Waals surface area contributed by atoms with Crippen molar-refractivity contribution in [1.29, 1.82) is 0 Å². The standard InChI is InChI=1S/C17H20ClN3O/c1-20-6-8-21(9-7-20)16(22)17(4-5-17)14-11-19-15-3-2-12(18)10-13(14)15/h2-3,10-11,19H,4-9H2,1H3. The van der Waals surface area contributed by atoms with Crippen LogP contribution >= 0.6 is 11.6 Å². The van der Waals surface area contributed by atoms with Crippen molar-refractivity contribution in [2.45, 2.75) is 18.3 Å². The van der Waals surface area contributed by atoms with Gasteiger partial charge in [-0.05, 0) is 43.7 Å². The SMILES string of the molecule is CN1CCN(C(=O)C2(c3c[nH]c4ccc(Cl)cc34)CC2)CC1. The fraction of sp³-hybridized carbons (Fsp3) is 0.471. The van der Waals surface area contributed by atoms with Gasteiger partial charge in [0.05, 0.1) is 5.41 Å². The fourth-order valence-corrected chi connectivity index (χ4v) is 3.70. The Labute approximate surface area is 135 Å². The first-order valence-corrected chi connectivity index (χ1v) is 8.23. The molecule has 0 bridgehead atoms. The second kappa shape index (κ2) is 5.00. The lowest BCUT2D eigenvalue weighted by molar-refractivity contribution is -0.135. The molecule has 22 heavy (non-hydrogen) atoms. The largest absolute Gasteiger partial charge is 0.361 e. The predicted molar refractivity (Wildman–Crippen MR) is 88.3 cm³/mol. The summed E-state index contributed by atoms with van der Waals surface area (Å²) >= 11 is 6.15. The van der Waals surface area contributed by atoms with Crippen LogP contribution in [0, 0.1) is 0 Å². The highest BCUT2D eigenvalue weighted by molar-refractivity contribution is 6.31. The Kier molecular flexibility index (Phi) is 3.20. The Morgan fingerprint density at radius 1 is 1.23 bits per heavy atom. The summed E-state index contributed by atoms with van der Waals surface area (Å²) in [6, 6.07) is 5.84. The van der Waals surface area contributed by atoms with E-state index in [9.17, 15) is 4.79 Å². The number of H-pyrrole nitrogens is 1. The molecular formula is C17H20ClN3O. The number of likely N-dealkylation sites (N-methyl/N-ethyl adjacent to an activating group) is 1. The van der Waals surface area contributed by atoms with Crippen molar-refractivity contribution in [3.8, 4) is 0 Å². The molecule has 2 heterocycles. The number of aromatic nitrogens is 1. The maximum Gasteiger partial charge on any atom is 0.233 e. The number of benzene rings is 1. The van der Waals surface area contributed by atoms with E-state index in [1.807, 2.05) is 29.3 Å². The molecule has 0 spiro atoms. The van der Waals surface area contributed by atoms with Crippen LogP contribution in [0.1, 0.15) is 18.4 Å². The monoisotopic (exact) mass is 317 g/mol. The Bertz CT molecular complexity index is 727. The Hall–Kier alpha value is -1.52. The fourth-order valence-electron chi connectivity index (χ4n) is 3.52. The number of piperazine rings is 1. The molecule has 1 amide bonds. The highest BCUT2D eigenvalue weighted by atomic mass is 35.5. The van der Waals surface area contributed by atoms with E-state index in [2.05, 4.69) is 16.9 Å². The third kappa shape index (κ3) is 2.13. The van der Waals surface area contributed by atoms with Crippen LogP contribution < -0.4 is 0 Å². The van der Waals surface area contributed by atoms with Crippen LogP contribution in [0.2, 0.25) is 5.02 Å². The number of carbonyl (C=O) groups is 1. The van der Waals surface area contributed by atoms with Crippen LogP contribution in [0.4, 0.5) is 0 Å². The maximum atomic E-state index is 13.1. The second-order valence-corrected chi connectivity index (χ2v) is 7.01. The molecule has 5 heteroatoms. The number of aromatic amines is 1. The van der Waals surface area contributed by atoms with Gasteiger partial charge in [0.15, 0.2) is 0 Å². The average Bonchev–Trinajstić information content (AvgIpc) is 3.22. The van der Waals surface area contributed by atoms with E-state index in [1.54, 1.807) is 0 Å². The van der Waals surface area contributed by atoms with Gasteiger partial charge in [0, 0.05) is 48.3 Å². The quantitative estimate of drug-likeness (QED) is 0.925. The van der Waals surface area contributed by atoms with E-state index < -0.39 is 0 Å². The summed E-state index contributed by atoms with van der Waals surface area (Å²) in [6.45, 7) is 3.59. The maximum absolute atomic E-state index is 13.1. The molecule has 1 saturated carbocycles. The van der Waals surface area contributed by atoms with Gasteiger partial charge in [-0.2, -0.15) is 0 Å². The molecule has 2 fully saturated rings. The molecule has 1 aliphatic heterocycles. The van der Waals surface area contributed by atoms with Gasteiger partial charge in [0.1, 0.15) is 0 Å². The van der Waals surface area contributed by atoms with Gasteiger partial charge >= 0.3 is 0 Å². The Morgan fingerprint density at radius 2 is 1.95 bits per heavy atom. The Balaban J connectivity index is 1.68. The van der Waals surface area contributed by atoms with Crippen molar-refractivity contribution in [2.75, 3.05) is 33.2 Å². The van der Waals surface area contributed by atoms with E-state index in [4.69, 9.17) is 11.6 Å². The molecule has 0 unspecified atom stereocenters. The summed E-state index contributed by atoms with van der Waals surface area (Å²) in [7, 11) is 2.11. The molecular weight excluding hydrogens is 298 g/mol. The summed E-state index contributed by atoms with van der Waals surface area (Å²) in [6.07, 6.45) is 3.89. The highest BCUT2D eigenvalue weighted by Crippen LogP contribution is 2.52. The molecule has 1 saturated heterocycles. The van der Waals surface area contributed by atoms with E-state index in [-0.39, 0.29) is 5.41 Å². The zero-order chi connectivity index (χ0) is 15.3. The number of rotatable bonds is 2. The summed E-state index contributed by atoms with van der Waals surface area (Å²) in [5.74, 6) is 0.293. The molecule has 1 aromatic carbocycles. The molecule has 1 N–H and O–H groups in total. The lowest BCUT2D eigenvalue weighted by atomic mass is 9.93. The van der Waals surface area contributed by atoms with Crippen molar-refractivity contribution < 1.29 is 4.79 Å². The minimum Gasteiger partial charge on any atom is -0.361 e. The van der Waals surface area contributed by atoms with Crippen molar-refractivity contribution in [3.05, 3.63) is 35.0 Å². The molecule has 4 rings (SSSR count). The van der Waals surface area contributed by atoms with Gasteiger partial charge in [0.2, 0.25) is 5.91 Å². The minimum absolute atomic E-state index is 0.293. The van der Waals surface area contributed by atoms with Crippen LogP contribution in [0.15, 0.2) is 24.4 Å². The first-order valence-electron chi connectivity index (χ1n) is 7.85. The first-order chi connectivity index (χ1) is 10.6. The number of hydrogen-bond acceptors (Lipinski definition) is 2. The van der Waals surface area contributed by atoms with Gasteiger partial charge in [-0.25, -0.2) is 0 Å². The van der Waals surface area contributed by atoms with Crippen LogP contribution in [-0.2, 0) is 10.2 Å². The number of halogens is 1. The third-order valence-corrected chi connectivity index (χ3v) is 5.34. The smallest absolute Gasteiger partial charge is 0.233 e. The highest BCUT2D eigenvalue weighted by Gasteiger charge is 2.54. The van der Waals surface area contributed by atoms with E-state index in [1.165, 1.54) is 0 Å². The number of nitrogens with one attached hydrogen (secondary N) is 1. The lowest BCUT2D eigenvalue weighted by Gasteiger charge is -2.34. The molecule has 1 aliphatic carbocycles. The summed E-state index contributed by atoms with van der Waals surface area (Å²) < 4.78 is 0. The predicted octanol–water partition coefficient (Wildman–Crippen LogP) is 2.63. The molecule has 2 aromatic rings. The number of fused-ring (bicyclic) bond motifs is 1. The van der Waals surface area contributed by atoms with Gasteiger partial charge < -0.3 is 14.8 Å². The molecule has 2 aliphatic rings. The summed E-state index contributed by atoms with van der Waals surface area (Å²) in [5.41, 5.74) is 1.85. The first kappa shape index (κ1) is 14.1. The summed E-state index contributed by atoms with van der Waals surface area (Å²) in [4.78, 5) is 20.7. The molecule has 0 atom stereocenters. The van der Waals surface area contributed by atoms with Crippen molar-refractivity contribution in [1.82, 2.24) is 14.8 Å². The lowest BCUT2D eigenvalue weighted by Crippen LogP contribution is -2.50. The molecule has 0 radical (unpaired) electrons. The minimum atomic E-state index is -0.321. The number of amides is 1. The molecule has 116 valence electrons. The summed E-state index contributed by atoms with van der Waals surface area (Å²) in [5, 5.41) is 1.81. The van der Waals surface area contributed by atoms with Crippen molar-refractivity contribution >= 4 is 28.4 Å². The zero-order valence-corrected chi connectivity index (χ0v) is 13.5. The molecule has 1 aromatic heterocycles.